The fourth-order valence-corrected chi connectivity index (χ4v) is 3.57. The second kappa shape index (κ2) is 5.61. The molecular formula is C14H12Cl2N2O3S. The molecule has 0 bridgehead atoms. The molecule has 1 aliphatic rings. The van der Waals surface area contributed by atoms with Crippen molar-refractivity contribution in [2.45, 2.75) is 12.5 Å². The van der Waals surface area contributed by atoms with E-state index in [9.17, 15) is 8.42 Å². The van der Waals surface area contributed by atoms with E-state index in [-0.39, 0.29) is 0 Å². The molecule has 1 aromatic carbocycles. The Bertz CT molecular complexity index is 832. The molecule has 22 heavy (non-hydrogen) atoms. The van der Waals surface area contributed by atoms with Gasteiger partial charge in [0.25, 0.3) is 0 Å². The topological polar surface area (TPSA) is 62.9 Å². The highest BCUT2D eigenvalue weighted by Crippen LogP contribution is 2.36. The highest BCUT2D eigenvalue weighted by Gasteiger charge is 2.35. The Morgan fingerprint density at radius 1 is 1.27 bits per heavy atom. The Hall–Kier alpha value is -1.50. The van der Waals surface area contributed by atoms with Gasteiger partial charge in [0.2, 0.25) is 10.0 Å². The first-order chi connectivity index (χ1) is 10.4. The third-order valence-corrected chi connectivity index (χ3v) is 5.10. The summed E-state index contributed by atoms with van der Waals surface area (Å²) in [6.45, 7) is 0. The van der Waals surface area contributed by atoms with Crippen molar-refractivity contribution in [3.8, 4) is 0 Å². The van der Waals surface area contributed by atoms with Crippen LogP contribution >= 0.6 is 23.2 Å². The van der Waals surface area contributed by atoms with Gasteiger partial charge in [-0.1, -0.05) is 29.3 Å². The maximum atomic E-state index is 12.0. The highest BCUT2D eigenvalue weighted by molar-refractivity contribution is 7.88. The minimum Gasteiger partial charge on any atom is -0.463 e. The lowest BCUT2D eigenvalue weighted by atomic mass is 10.0. The lowest BCUT2D eigenvalue weighted by molar-refractivity contribution is 0.375. The first kappa shape index (κ1) is 15.4. The van der Waals surface area contributed by atoms with E-state index < -0.39 is 16.1 Å². The molecule has 5 nitrogen and oxygen atoms in total. The molecule has 3 rings (SSSR count). The fraction of sp³-hybridized carbons (Fsp3) is 0.214. The second-order valence-electron chi connectivity index (χ2n) is 4.95. The Kier molecular flexibility index (Phi) is 3.92. The summed E-state index contributed by atoms with van der Waals surface area (Å²) in [7, 11) is -3.52. The summed E-state index contributed by atoms with van der Waals surface area (Å²) in [5.74, 6) is 0.552. The zero-order valence-electron chi connectivity index (χ0n) is 11.5. The van der Waals surface area contributed by atoms with Crippen LogP contribution in [0, 0.1) is 0 Å². The molecule has 8 heteroatoms. The predicted octanol–water partition coefficient (Wildman–Crippen LogP) is 3.70. The minimum absolute atomic E-state index is 0.374. The molecule has 0 radical (unpaired) electrons. The zero-order chi connectivity index (χ0) is 15.9. The Labute approximate surface area is 138 Å². The predicted molar refractivity (Wildman–Crippen MR) is 85.7 cm³/mol. The fourth-order valence-electron chi connectivity index (χ4n) is 2.35. The summed E-state index contributed by atoms with van der Waals surface area (Å²) in [5, 5.41) is 5.00. The lowest BCUT2D eigenvalue weighted by Gasteiger charge is -2.21. The van der Waals surface area contributed by atoms with Gasteiger partial charge in [-0.15, -0.1) is 0 Å². The monoisotopic (exact) mass is 358 g/mol. The van der Waals surface area contributed by atoms with Crippen LogP contribution in [0.25, 0.3) is 0 Å². The molecule has 0 saturated carbocycles. The summed E-state index contributed by atoms with van der Waals surface area (Å²) >= 11 is 12.0. The van der Waals surface area contributed by atoms with Crippen LogP contribution in [0.15, 0.2) is 46.1 Å². The quantitative estimate of drug-likeness (QED) is 0.840. The van der Waals surface area contributed by atoms with E-state index in [1.807, 2.05) is 0 Å². The van der Waals surface area contributed by atoms with Crippen LogP contribution in [0.4, 0.5) is 0 Å². The molecule has 0 spiro atoms. The van der Waals surface area contributed by atoms with Crippen molar-refractivity contribution in [1.29, 1.82) is 0 Å². The van der Waals surface area contributed by atoms with Gasteiger partial charge < -0.3 is 4.42 Å². The van der Waals surface area contributed by atoms with Crippen molar-refractivity contribution in [1.82, 2.24) is 4.41 Å². The third-order valence-electron chi connectivity index (χ3n) is 3.35. The number of hydrogen-bond acceptors (Lipinski definition) is 4. The number of sulfonamides is 1. The van der Waals surface area contributed by atoms with Crippen LogP contribution in [0.2, 0.25) is 10.0 Å². The van der Waals surface area contributed by atoms with E-state index in [1.54, 1.807) is 30.3 Å². The van der Waals surface area contributed by atoms with E-state index >= 15 is 0 Å². The molecule has 1 aliphatic heterocycles. The molecule has 1 atom stereocenters. The van der Waals surface area contributed by atoms with Gasteiger partial charge >= 0.3 is 0 Å². The van der Waals surface area contributed by atoms with Gasteiger partial charge in [0.15, 0.2) is 0 Å². The molecule has 1 aromatic heterocycles. The molecule has 0 aliphatic carbocycles. The number of furan rings is 1. The summed E-state index contributed by atoms with van der Waals surface area (Å²) in [5.41, 5.74) is 1.30. The zero-order valence-corrected chi connectivity index (χ0v) is 13.9. The van der Waals surface area contributed by atoms with Crippen molar-refractivity contribution in [2.24, 2.45) is 5.10 Å². The van der Waals surface area contributed by atoms with Crippen LogP contribution in [0.5, 0.6) is 0 Å². The summed E-state index contributed by atoms with van der Waals surface area (Å²) < 4.78 is 30.4. The number of benzene rings is 1. The number of hydrazone groups is 1. The standard InChI is InChI=1S/C14H12Cl2N2O3S/c1-22(19,20)18-13(9-4-5-10(15)11(16)7-9)8-12(17-18)14-3-2-6-21-14/h2-7,13H,8H2,1H3/t13-/m1/s1. The third kappa shape index (κ3) is 2.86. The van der Waals surface area contributed by atoms with E-state index in [2.05, 4.69) is 5.10 Å². The number of halogens is 2. The van der Waals surface area contributed by atoms with Crippen LogP contribution in [-0.2, 0) is 10.0 Å². The van der Waals surface area contributed by atoms with Crippen molar-refractivity contribution in [3.05, 3.63) is 58.0 Å². The first-order valence-corrected chi connectivity index (χ1v) is 9.02. The second-order valence-corrected chi connectivity index (χ2v) is 7.61. The first-order valence-electron chi connectivity index (χ1n) is 6.42. The van der Waals surface area contributed by atoms with Crippen LogP contribution in [0.3, 0.4) is 0 Å². The van der Waals surface area contributed by atoms with Gasteiger partial charge in [0, 0.05) is 6.42 Å². The van der Waals surface area contributed by atoms with Crippen molar-refractivity contribution in [3.63, 3.8) is 0 Å². The van der Waals surface area contributed by atoms with E-state index in [0.717, 1.165) is 16.2 Å². The largest absolute Gasteiger partial charge is 0.463 e. The van der Waals surface area contributed by atoms with Crippen molar-refractivity contribution >= 4 is 38.9 Å². The summed E-state index contributed by atoms with van der Waals surface area (Å²) in [6.07, 6.45) is 3.04. The molecule has 0 N–H and O–H groups in total. The molecule has 116 valence electrons. The highest BCUT2D eigenvalue weighted by atomic mass is 35.5. The van der Waals surface area contributed by atoms with Gasteiger partial charge in [-0.2, -0.15) is 9.52 Å². The molecule has 0 saturated heterocycles. The SMILES string of the molecule is CS(=O)(=O)N1N=C(c2ccco2)C[C@@H]1c1ccc(Cl)c(Cl)c1. The lowest BCUT2D eigenvalue weighted by Crippen LogP contribution is -2.25. The van der Waals surface area contributed by atoms with E-state index in [1.165, 1.54) is 6.26 Å². The molecule has 2 heterocycles. The number of nitrogens with zero attached hydrogens (tertiary/aromatic N) is 2. The smallest absolute Gasteiger partial charge is 0.247 e. The normalized spacial score (nSPS) is 18.6. The van der Waals surface area contributed by atoms with Gasteiger partial charge in [0.1, 0.15) is 11.5 Å². The Morgan fingerprint density at radius 3 is 2.64 bits per heavy atom. The Morgan fingerprint density at radius 2 is 2.05 bits per heavy atom. The Balaban J connectivity index is 2.02. The van der Waals surface area contributed by atoms with E-state index in [4.69, 9.17) is 27.6 Å². The summed E-state index contributed by atoms with van der Waals surface area (Å²) in [6, 6.07) is 8.06. The number of hydrogen-bond donors (Lipinski definition) is 0. The van der Waals surface area contributed by atoms with Crippen LogP contribution in [-0.4, -0.2) is 24.8 Å². The van der Waals surface area contributed by atoms with Gasteiger partial charge in [-0.05, 0) is 29.8 Å². The minimum atomic E-state index is -3.52. The van der Waals surface area contributed by atoms with E-state index in [0.29, 0.717) is 27.9 Å². The maximum Gasteiger partial charge on any atom is 0.247 e. The molecular weight excluding hydrogens is 347 g/mol. The molecule has 0 amide bonds. The summed E-state index contributed by atoms with van der Waals surface area (Å²) in [4.78, 5) is 0. The van der Waals surface area contributed by atoms with Crippen LogP contribution in [0.1, 0.15) is 23.8 Å². The number of rotatable bonds is 3. The van der Waals surface area contributed by atoms with Gasteiger partial charge in [-0.25, -0.2) is 8.42 Å². The van der Waals surface area contributed by atoms with Crippen molar-refractivity contribution in [2.75, 3.05) is 6.26 Å². The van der Waals surface area contributed by atoms with Crippen molar-refractivity contribution < 1.29 is 12.8 Å². The van der Waals surface area contributed by atoms with Gasteiger partial charge in [-0.3, -0.25) is 0 Å². The maximum absolute atomic E-state index is 12.0. The average molecular weight is 359 g/mol. The molecule has 0 fully saturated rings. The molecule has 2 aromatic rings. The van der Waals surface area contributed by atoms with Crippen LogP contribution < -0.4 is 0 Å². The average Bonchev–Trinajstić information content (AvgIpc) is 3.08. The molecule has 0 unspecified atom stereocenters. The van der Waals surface area contributed by atoms with Gasteiger partial charge in [0.05, 0.1) is 28.6 Å².